The van der Waals surface area contributed by atoms with Crippen molar-refractivity contribution in [2.45, 2.75) is 27.2 Å². The Labute approximate surface area is 102 Å². The van der Waals surface area contributed by atoms with Crippen LogP contribution in [-0.2, 0) is 0 Å². The fraction of sp³-hybridized carbons (Fsp3) is 0.667. The van der Waals surface area contributed by atoms with Crippen LogP contribution in [0, 0.1) is 18.8 Å². The van der Waals surface area contributed by atoms with Gasteiger partial charge in [-0.25, -0.2) is 9.97 Å². The molecule has 2 rings (SSSR count). The molecule has 0 amide bonds. The molecule has 1 aromatic heterocycles. The van der Waals surface area contributed by atoms with Crippen LogP contribution in [0.2, 0.25) is 5.15 Å². The molecule has 2 heterocycles. The summed E-state index contributed by atoms with van der Waals surface area (Å²) >= 11 is 5.96. The Kier molecular flexibility index (Phi) is 3.33. The van der Waals surface area contributed by atoms with Crippen LogP contribution < -0.4 is 4.90 Å². The molecular weight excluding hydrogens is 222 g/mol. The summed E-state index contributed by atoms with van der Waals surface area (Å²) in [5.74, 6) is 2.26. The summed E-state index contributed by atoms with van der Waals surface area (Å²) in [5, 5.41) is 0.536. The lowest BCUT2D eigenvalue weighted by Crippen LogP contribution is -2.39. The minimum atomic E-state index is 0.536. The number of rotatable bonds is 1. The molecule has 3 nitrogen and oxygen atoms in total. The van der Waals surface area contributed by atoms with Gasteiger partial charge in [0.1, 0.15) is 5.15 Å². The number of anilines is 1. The zero-order chi connectivity index (χ0) is 11.7. The molecule has 1 saturated heterocycles. The van der Waals surface area contributed by atoms with Gasteiger partial charge in [0.25, 0.3) is 0 Å². The second-order valence-electron chi connectivity index (χ2n) is 4.82. The quantitative estimate of drug-likeness (QED) is 0.706. The van der Waals surface area contributed by atoms with E-state index in [2.05, 4.69) is 28.7 Å². The maximum Gasteiger partial charge on any atom is 0.226 e. The Balaban J connectivity index is 2.18. The largest absolute Gasteiger partial charge is 0.340 e. The molecule has 1 aliphatic rings. The first-order valence-corrected chi connectivity index (χ1v) is 6.20. The third kappa shape index (κ3) is 2.46. The minimum Gasteiger partial charge on any atom is -0.340 e. The highest BCUT2D eigenvalue weighted by Crippen LogP contribution is 2.25. The second kappa shape index (κ2) is 4.58. The van der Waals surface area contributed by atoms with E-state index in [0.717, 1.165) is 30.6 Å². The van der Waals surface area contributed by atoms with Crippen LogP contribution in [0.15, 0.2) is 6.07 Å². The summed E-state index contributed by atoms with van der Waals surface area (Å²) in [5.41, 5.74) is 0.932. The maximum absolute atomic E-state index is 5.96. The van der Waals surface area contributed by atoms with Gasteiger partial charge >= 0.3 is 0 Å². The van der Waals surface area contributed by atoms with E-state index in [1.807, 2.05) is 6.92 Å². The molecule has 0 bridgehead atoms. The molecule has 88 valence electrons. The van der Waals surface area contributed by atoms with Crippen LogP contribution in [0.25, 0.3) is 0 Å². The van der Waals surface area contributed by atoms with E-state index >= 15 is 0 Å². The van der Waals surface area contributed by atoms with E-state index in [-0.39, 0.29) is 0 Å². The monoisotopic (exact) mass is 239 g/mol. The van der Waals surface area contributed by atoms with Crippen molar-refractivity contribution in [3.63, 3.8) is 0 Å². The summed E-state index contributed by atoms with van der Waals surface area (Å²) in [6, 6.07) is 1.79. The lowest BCUT2D eigenvalue weighted by Gasteiger charge is -2.35. The van der Waals surface area contributed by atoms with Gasteiger partial charge in [0.2, 0.25) is 5.95 Å². The smallest absolute Gasteiger partial charge is 0.226 e. The third-order valence-electron chi connectivity index (χ3n) is 3.43. The third-order valence-corrected chi connectivity index (χ3v) is 3.62. The lowest BCUT2D eigenvalue weighted by atomic mass is 9.89. The van der Waals surface area contributed by atoms with Gasteiger partial charge in [-0.3, -0.25) is 0 Å². The van der Waals surface area contributed by atoms with E-state index < -0.39 is 0 Å². The molecule has 1 fully saturated rings. The normalized spacial score (nSPS) is 25.9. The zero-order valence-corrected chi connectivity index (χ0v) is 10.8. The van der Waals surface area contributed by atoms with Crippen molar-refractivity contribution in [1.29, 1.82) is 0 Å². The van der Waals surface area contributed by atoms with E-state index in [4.69, 9.17) is 11.6 Å². The van der Waals surface area contributed by atoms with Crippen molar-refractivity contribution in [2.24, 2.45) is 11.8 Å². The molecule has 16 heavy (non-hydrogen) atoms. The van der Waals surface area contributed by atoms with Crippen LogP contribution in [0.4, 0.5) is 5.95 Å². The van der Waals surface area contributed by atoms with E-state index in [9.17, 15) is 0 Å². The number of hydrogen-bond donors (Lipinski definition) is 0. The van der Waals surface area contributed by atoms with Gasteiger partial charge in [-0.1, -0.05) is 25.4 Å². The average Bonchev–Trinajstić information content (AvgIpc) is 2.20. The Morgan fingerprint density at radius 1 is 1.31 bits per heavy atom. The van der Waals surface area contributed by atoms with E-state index in [0.29, 0.717) is 11.1 Å². The summed E-state index contributed by atoms with van der Waals surface area (Å²) in [7, 11) is 0. The molecule has 1 aromatic rings. The lowest BCUT2D eigenvalue weighted by molar-refractivity contribution is 0.321. The number of halogens is 1. The zero-order valence-electron chi connectivity index (χ0n) is 10.1. The maximum atomic E-state index is 5.96. The fourth-order valence-corrected chi connectivity index (χ4v) is 2.33. The predicted octanol–water partition coefficient (Wildman–Crippen LogP) is 2.92. The fourth-order valence-electron chi connectivity index (χ4n) is 2.10. The minimum absolute atomic E-state index is 0.536. The highest BCUT2D eigenvalue weighted by Gasteiger charge is 2.24. The summed E-state index contributed by atoms with van der Waals surface area (Å²) < 4.78 is 0. The first-order chi connectivity index (χ1) is 7.56. The number of piperidine rings is 1. The van der Waals surface area contributed by atoms with Gasteiger partial charge in [0.05, 0.1) is 0 Å². The van der Waals surface area contributed by atoms with Crippen LogP contribution in [-0.4, -0.2) is 23.1 Å². The molecule has 0 spiro atoms. The molecule has 0 radical (unpaired) electrons. The van der Waals surface area contributed by atoms with Crippen molar-refractivity contribution < 1.29 is 0 Å². The highest BCUT2D eigenvalue weighted by atomic mass is 35.5. The van der Waals surface area contributed by atoms with E-state index in [1.165, 1.54) is 6.42 Å². The van der Waals surface area contributed by atoms with Crippen molar-refractivity contribution >= 4 is 17.5 Å². The summed E-state index contributed by atoms with van der Waals surface area (Å²) in [4.78, 5) is 11.0. The Hall–Kier alpha value is -0.830. The summed E-state index contributed by atoms with van der Waals surface area (Å²) in [6.45, 7) is 8.61. The van der Waals surface area contributed by atoms with Gasteiger partial charge in [-0.05, 0) is 31.2 Å². The standard InChI is InChI=1S/C12H18ClN3/c1-8-4-5-16(7-9(8)2)12-14-10(3)6-11(13)15-12/h6,8-9H,4-5,7H2,1-3H3. The summed E-state index contributed by atoms with van der Waals surface area (Å²) in [6.07, 6.45) is 1.20. The van der Waals surface area contributed by atoms with Crippen LogP contribution in [0.5, 0.6) is 0 Å². The van der Waals surface area contributed by atoms with Crippen LogP contribution >= 0.6 is 11.6 Å². The van der Waals surface area contributed by atoms with E-state index in [1.54, 1.807) is 6.07 Å². The molecule has 4 heteroatoms. The van der Waals surface area contributed by atoms with Crippen LogP contribution in [0.3, 0.4) is 0 Å². The average molecular weight is 240 g/mol. The van der Waals surface area contributed by atoms with Gasteiger partial charge < -0.3 is 4.90 Å². The Morgan fingerprint density at radius 2 is 2.06 bits per heavy atom. The van der Waals surface area contributed by atoms with Gasteiger partial charge in [0, 0.05) is 18.8 Å². The SMILES string of the molecule is Cc1cc(Cl)nc(N2CCC(C)C(C)C2)n1. The van der Waals surface area contributed by atoms with Gasteiger partial charge in [-0.15, -0.1) is 0 Å². The van der Waals surface area contributed by atoms with Gasteiger partial charge in [0.15, 0.2) is 0 Å². The van der Waals surface area contributed by atoms with Crippen molar-refractivity contribution in [3.8, 4) is 0 Å². The first-order valence-electron chi connectivity index (χ1n) is 5.82. The molecule has 0 aliphatic carbocycles. The molecule has 1 aliphatic heterocycles. The number of aryl methyl sites for hydroxylation is 1. The number of nitrogens with zero attached hydrogens (tertiary/aromatic N) is 3. The Bertz CT molecular complexity index is 360. The molecule has 2 atom stereocenters. The molecular formula is C12H18ClN3. The van der Waals surface area contributed by atoms with Crippen molar-refractivity contribution in [2.75, 3.05) is 18.0 Å². The van der Waals surface area contributed by atoms with Crippen molar-refractivity contribution in [1.82, 2.24) is 9.97 Å². The first kappa shape index (κ1) is 11.6. The Morgan fingerprint density at radius 3 is 2.69 bits per heavy atom. The van der Waals surface area contributed by atoms with Gasteiger partial charge in [-0.2, -0.15) is 0 Å². The predicted molar refractivity (Wildman–Crippen MR) is 66.9 cm³/mol. The van der Waals surface area contributed by atoms with Crippen LogP contribution in [0.1, 0.15) is 26.0 Å². The second-order valence-corrected chi connectivity index (χ2v) is 5.21. The van der Waals surface area contributed by atoms with Crippen molar-refractivity contribution in [3.05, 3.63) is 16.9 Å². The highest BCUT2D eigenvalue weighted by molar-refractivity contribution is 6.29. The molecule has 2 unspecified atom stereocenters. The number of aromatic nitrogens is 2. The molecule has 0 N–H and O–H groups in total. The topological polar surface area (TPSA) is 29.0 Å². The number of hydrogen-bond acceptors (Lipinski definition) is 3. The molecule has 0 saturated carbocycles. The molecule has 0 aromatic carbocycles.